The average molecular weight is 501 g/mol. The van der Waals surface area contributed by atoms with Crippen LogP contribution in [0.15, 0.2) is 73.1 Å². The smallest absolute Gasteiger partial charge is 0.256 e. The Labute approximate surface area is 211 Å². The molecule has 1 aromatic heterocycles. The van der Waals surface area contributed by atoms with Crippen molar-refractivity contribution in [1.82, 2.24) is 9.97 Å². The van der Waals surface area contributed by atoms with E-state index in [9.17, 15) is 4.79 Å². The van der Waals surface area contributed by atoms with E-state index in [1.165, 1.54) is 6.33 Å². The van der Waals surface area contributed by atoms with Crippen molar-refractivity contribution in [2.24, 2.45) is 0 Å². The van der Waals surface area contributed by atoms with Crippen LogP contribution in [0.25, 0.3) is 21.7 Å². The number of carbonyl (C=O) groups excluding carboxylic acids is 1. The second-order valence-electron chi connectivity index (χ2n) is 7.88. The van der Waals surface area contributed by atoms with Crippen molar-refractivity contribution in [2.45, 2.75) is 0 Å². The topological polar surface area (TPSA) is 109 Å². The van der Waals surface area contributed by atoms with Crippen LogP contribution in [0.5, 0.6) is 23.1 Å². The van der Waals surface area contributed by atoms with Gasteiger partial charge < -0.3 is 25.3 Å². The number of carbonyl (C=O) groups is 1. The van der Waals surface area contributed by atoms with E-state index in [0.717, 1.165) is 10.8 Å². The van der Waals surface area contributed by atoms with Crippen molar-refractivity contribution in [3.8, 4) is 23.1 Å². The highest BCUT2D eigenvalue weighted by Crippen LogP contribution is 2.36. The number of nitrogens with one attached hydrogen (secondary N) is 1. The molecule has 3 N–H and O–H groups in total. The van der Waals surface area contributed by atoms with Gasteiger partial charge >= 0.3 is 0 Å². The van der Waals surface area contributed by atoms with Crippen molar-refractivity contribution >= 4 is 50.6 Å². The number of methoxy groups -OCH3 is 2. The molecule has 8 nitrogen and oxygen atoms in total. The monoisotopic (exact) mass is 500 g/mol. The molecule has 36 heavy (non-hydrogen) atoms. The average Bonchev–Trinajstić information content (AvgIpc) is 2.89. The first-order chi connectivity index (χ1) is 17.5. The van der Waals surface area contributed by atoms with Gasteiger partial charge in [0.25, 0.3) is 5.91 Å². The van der Waals surface area contributed by atoms with E-state index in [2.05, 4.69) is 15.3 Å². The van der Waals surface area contributed by atoms with Crippen LogP contribution >= 0.6 is 11.6 Å². The lowest BCUT2D eigenvalue weighted by molar-refractivity contribution is 0.102. The Morgan fingerprint density at radius 3 is 2.50 bits per heavy atom. The molecule has 0 spiro atoms. The van der Waals surface area contributed by atoms with Crippen LogP contribution in [0.3, 0.4) is 0 Å². The Morgan fingerprint density at radius 2 is 1.72 bits per heavy atom. The Bertz CT molecular complexity index is 1620. The predicted molar refractivity (Wildman–Crippen MR) is 140 cm³/mol. The molecule has 0 saturated carbocycles. The molecule has 0 fully saturated rings. The normalized spacial score (nSPS) is 10.9. The van der Waals surface area contributed by atoms with Crippen molar-refractivity contribution in [3.05, 3.63) is 83.6 Å². The van der Waals surface area contributed by atoms with E-state index < -0.39 is 0 Å². The number of aromatic nitrogens is 2. The maximum atomic E-state index is 13.0. The minimum Gasteiger partial charge on any atom is -0.493 e. The summed E-state index contributed by atoms with van der Waals surface area (Å²) < 4.78 is 16.9. The van der Waals surface area contributed by atoms with Crippen molar-refractivity contribution < 1.29 is 19.0 Å². The van der Waals surface area contributed by atoms with Gasteiger partial charge in [-0.05, 0) is 59.3 Å². The minimum absolute atomic E-state index is 0.286. The maximum absolute atomic E-state index is 13.0. The van der Waals surface area contributed by atoms with Gasteiger partial charge in [0.2, 0.25) is 5.88 Å². The highest BCUT2D eigenvalue weighted by Gasteiger charge is 2.15. The molecule has 0 atom stereocenters. The van der Waals surface area contributed by atoms with Gasteiger partial charge in [-0.25, -0.2) is 9.97 Å². The molecule has 0 saturated heterocycles. The number of hydrogen-bond acceptors (Lipinski definition) is 7. The summed E-state index contributed by atoms with van der Waals surface area (Å²) in [5.74, 6) is 1.74. The van der Waals surface area contributed by atoms with Crippen LogP contribution in [0, 0.1) is 0 Å². The van der Waals surface area contributed by atoms with Gasteiger partial charge in [0.05, 0.1) is 36.5 Å². The number of ether oxygens (including phenoxy) is 3. The number of halogens is 1. The number of fused-ring (bicyclic) bond motifs is 2. The lowest BCUT2D eigenvalue weighted by Gasteiger charge is -2.13. The van der Waals surface area contributed by atoms with E-state index in [1.54, 1.807) is 56.7 Å². The van der Waals surface area contributed by atoms with Gasteiger partial charge in [0, 0.05) is 16.7 Å². The quantitative estimate of drug-likeness (QED) is 0.272. The first kappa shape index (κ1) is 23.2. The van der Waals surface area contributed by atoms with Crippen LogP contribution < -0.4 is 25.3 Å². The molecule has 0 aliphatic heterocycles. The molecule has 9 heteroatoms. The molecule has 5 rings (SSSR count). The number of nitrogens with zero attached hydrogens (tertiary/aromatic N) is 2. The fourth-order valence-electron chi connectivity index (χ4n) is 3.91. The number of nitrogen functional groups attached to an aromatic ring is 1. The Balaban J connectivity index is 1.47. The molecular formula is C27H21ClN4O4. The van der Waals surface area contributed by atoms with E-state index in [-0.39, 0.29) is 5.91 Å². The third-order valence-electron chi connectivity index (χ3n) is 5.68. The molecule has 5 aromatic rings. The third-order valence-corrected chi connectivity index (χ3v) is 5.91. The summed E-state index contributed by atoms with van der Waals surface area (Å²) in [6.45, 7) is 0. The largest absolute Gasteiger partial charge is 0.493 e. The molecule has 0 aliphatic rings. The molecule has 1 heterocycles. The zero-order valence-corrected chi connectivity index (χ0v) is 20.2. The van der Waals surface area contributed by atoms with Crippen molar-refractivity contribution in [1.29, 1.82) is 0 Å². The Kier molecular flexibility index (Phi) is 6.18. The molecule has 0 unspecified atom stereocenters. The van der Waals surface area contributed by atoms with Crippen molar-refractivity contribution in [3.63, 3.8) is 0 Å². The molecular weight excluding hydrogens is 480 g/mol. The van der Waals surface area contributed by atoms with E-state index in [0.29, 0.717) is 56.0 Å². The first-order valence-electron chi connectivity index (χ1n) is 10.9. The van der Waals surface area contributed by atoms with Gasteiger partial charge in [-0.3, -0.25) is 4.79 Å². The summed E-state index contributed by atoms with van der Waals surface area (Å²) >= 11 is 5.96. The zero-order valence-electron chi connectivity index (χ0n) is 19.4. The van der Waals surface area contributed by atoms with Crippen LogP contribution in [-0.2, 0) is 0 Å². The van der Waals surface area contributed by atoms with Gasteiger partial charge in [0.15, 0.2) is 11.5 Å². The molecule has 0 radical (unpaired) electrons. The standard InChI is InChI=1S/C27H21ClN4O4/c1-34-24-12-20-23(13-25(24)35-2)30-14-31-27(20)36-17-7-8-18-15(10-17)4-3-5-19(18)26(33)32-22-9-6-16(28)11-21(22)29/h3-14H,29H2,1-2H3,(H,32,33). The molecule has 4 aromatic carbocycles. The third kappa shape index (κ3) is 4.42. The number of benzene rings is 4. The Hall–Kier alpha value is -4.56. The van der Waals surface area contributed by atoms with Crippen LogP contribution in [0.1, 0.15) is 10.4 Å². The lowest BCUT2D eigenvalue weighted by atomic mass is 10.0. The number of nitrogens with two attached hydrogens (primary N) is 1. The fraction of sp³-hybridized carbons (Fsp3) is 0.0741. The second-order valence-corrected chi connectivity index (χ2v) is 8.32. The highest BCUT2D eigenvalue weighted by atomic mass is 35.5. The van der Waals surface area contributed by atoms with Crippen molar-refractivity contribution in [2.75, 3.05) is 25.3 Å². The number of rotatable bonds is 6. The summed E-state index contributed by atoms with van der Waals surface area (Å²) in [5, 5.41) is 5.59. The summed E-state index contributed by atoms with van der Waals surface area (Å²) in [6.07, 6.45) is 1.43. The Morgan fingerprint density at radius 1 is 0.917 bits per heavy atom. The van der Waals surface area contributed by atoms with Gasteiger partial charge in [-0.2, -0.15) is 0 Å². The fourth-order valence-corrected chi connectivity index (χ4v) is 4.09. The van der Waals surface area contributed by atoms with E-state index >= 15 is 0 Å². The van der Waals surface area contributed by atoms with Gasteiger partial charge in [-0.1, -0.05) is 23.7 Å². The highest BCUT2D eigenvalue weighted by molar-refractivity contribution is 6.31. The first-order valence-corrected chi connectivity index (χ1v) is 11.3. The molecule has 0 bridgehead atoms. The zero-order chi connectivity index (χ0) is 25.2. The summed E-state index contributed by atoms with van der Waals surface area (Å²) in [7, 11) is 3.13. The molecule has 180 valence electrons. The van der Waals surface area contributed by atoms with Crippen LogP contribution in [0.4, 0.5) is 11.4 Å². The van der Waals surface area contributed by atoms with E-state index in [4.69, 9.17) is 31.5 Å². The number of amides is 1. The SMILES string of the molecule is COc1cc2ncnc(Oc3ccc4c(C(=O)Nc5ccc(Cl)cc5N)cccc4c3)c2cc1OC. The van der Waals surface area contributed by atoms with Crippen LogP contribution in [0.2, 0.25) is 5.02 Å². The summed E-state index contributed by atoms with van der Waals surface area (Å²) in [5.41, 5.74) is 8.01. The van der Waals surface area contributed by atoms with Gasteiger partial charge in [0.1, 0.15) is 12.1 Å². The summed E-state index contributed by atoms with van der Waals surface area (Å²) in [6, 6.07) is 19.4. The summed E-state index contributed by atoms with van der Waals surface area (Å²) in [4.78, 5) is 21.6. The van der Waals surface area contributed by atoms with Gasteiger partial charge in [-0.15, -0.1) is 0 Å². The van der Waals surface area contributed by atoms with Crippen LogP contribution in [-0.4, -0.2) is 30.1 Å². The second kappa shape index (κ2) is 9.59. The minimum atomic E-state index is -0.286. The molecule has 0 aliphatic carbocycles. The molecule has 1 amide bonds. The number of anilines is 2. The maximum Gasteiger partial charge on any atom is 0.256 e. The lowest BCUT2D eigenvalue weighted by Crippen LogP contribution is -2.13. The van der Waals surface area contributed by atoms with E-state index in [1.807, 2.05) is 24.3 Å². The number of hydrogen-bond donors (Lipinski definition) is 2. The predicted octanol–water partition coefficient (Wildman–Crippen LogP) is 6.08.